The zero-order chi connectivity index (χ0) is 16.9. The molecule has 0 bridgehead atoms. The number of benzene rings is 2. The maximum Gasteiger partial charge on any atom is 0.232 e. The molecule has 0 spiro atoms. The van der Waals surface area contributed by atoms with Crippen LogP contribution in [-0.4, -0.2) is 18.4 Å². The van der Waals surface area contributed by atoms with Crippen LogP contribution in [0.1, 0.15) is 35.4 Å². The second-order valence-corrected chi connectivity index (χ2v) is 6.26. The molecule has 0 radical (unpaired) electrons. The highest BCUT2D eigenvalue weighted by Gasteiger charge is 2.29. The van der Waals surface area contributed by atoms with Crippen molar-refractivity contribution >= 4 is 17.5 Å². The Kier molecular flexibility index (Phi) is 4.94. The lowest BCUT2D eigenvalue weighted by atomic mass is 9.97. The summed E-state index contributed by atoms with van der Waals surface area (Å²) in [7, 11) is 0. The largest absolute Gasteiger partial charge is 0.356 e. The summed E-state index contributed by atoms with van der Waals surface area (Å²) in [6.07, 6.45) is 1.83. The van der Waals surface area contributed by atoms with Crippen molar-refractivity contribution in [3.8, 4) is 0 Å². The van der Waals surface area contributed by atoms with E-state index in [-0.39, 0.29) is 17.7 Å². The van der Waals surface area contributed by atoms with Gasteiger partial charge in [-0.3, -0.25) is 9.59 Å². The van der Waals surface area contributed by atoms with Crippen LogP contribution in [0.15, 0.2) is 48.5 Å². The molecule has 1 aliphatic heterocycles. The van der Waals surface area contributed by atoms with Gasteiger partial charge in [0.25, 0.3) is 0 Å². The van der Waals surface area contributed by atoms with E-state index in [0.717, 1.165) is 17.7 Å². The molecular formula is C20H22N2O2. The molecule has 24 heavy (non-hydrogen) atoms. The number of hydrogen-bond acceptors (Lipinski definition) is 2. The SMILES string of the molecule is Cc1cccc(CCC(=O)NCCC2C(=O)Nc3ccccc32)c1. The zero-order valence-corrected chi connectivity index (χ0v) is 13.8. The standard InChI is InChI=1S/C20H22N2O2/c1-14-5-4-6-15(13-14)9-10-19(23)21-12-11-17-16-7-2-3-8-18(16)22-20(17)24/h2-8,13,17H,9-12H2,1H3,(H,21,23)(H,22,24). The monoisotopic (exact) mass is 322 g/mol. The Morgan fingerprint density at radius 1 is 1.17 bits per heavy atom. The van der Waals surface area contributed by atoms with Crippen LogP contribution in [0.4, 0.5) is 5.69 Å². The fourth-order valence-corrected chi connectivity index (χ4v) is 3.13. The minimum absolute atomic E-state index is 0.0187. The number of hydrogen-bond donors (Lipinski definition) is 2. The number of rotatable bonds is 6. The van der Waals surface area contributed by atoms with Gasteiger partial charge in [0.15, 0.2) is 0 Å². The lowest BCUT2D eigenvalue weighted by molar-refractivity contribution is -0.121. The summed E-state index contributed by atoms with van der Waals surface area (Å²) in [6.45, 7) is 2.56. The Bertz CT molecular complexity index is 755. The molecule has 1 atom stereocenters. The van der Waals surface area contributed by atoms with Gasteiger partial charge in [0, 0.05) is 18.7 Å². The molecule has 1 unspecified atom stereocenters. The molecule has 2 aromatic carbocycles. The number of aryl methyl sites for hydroxylation is 2. The van der Waals surface area contributed by atoms with Crippen LogP contribution in [0.2, 0.25) is 0 Å². The summed E-state index contributed by atoms with van der Waals surface area (Å²) in [4.78, 5) is 24.0. The highest BCUT2D eigenvalue weighted by Crippen LogP contribution is 2.33. The second kappa shape index (κ2) is 7.30. The zero-order valence-electron chi connectivity index (χ0n) is 13.8. The van der Waals surface area contributed by atoms with E-state index in [9.17, 15) is 9.59 Å². The Labute approximate surface area is 142 Å². The predicted molar refractivity (Wildman–Crippen MR) is 94.9 cm³/mol. The van der Waals surface area contributed by atoms with Gasteiger partial charge in [-0.1, -0.05) is 48.0 Å². The van der Waals surface area contributed by atoms with Gasteiger partial charge in [0.1, 0.15) is 0 Å². The van der Waals surface area contributed by atoms with Crippen LogP contribution in [0.5, 0.6) is 0 Å². The smallest absolute Gasteiger partial charge is 0.232 e. The second-order valence-electron chi connectivity index (χ2n) is 6.26. The molecular weight excluding hydrogens is 300 g/mol. The van der Waals surface area contributed by atoms with Crippen molar-refractivity contribution in [1.29, 1.82) is 0 Å². The summed E-state index contributed by atoms with van der Waals surface area (Å²) < 4.78 is 0. The molecule has 2 aromatic rings. The Morgan fingerprint density at radius 2 is 2.00 bits per heavy atom. The number of anilines is 1. The van der Waals surface area contributed by atoms with Crippen LogP contribution < -0.4 is 10.6 Å². The Morgan fingerprint density at radius 3 is 2.83 bits per heavy atom. The summed E-state index contributed by atoms with van der Waals surface area (Å²) in [5.41, 5.74) is 4.29. The summed E-state index contributed by atoms with van der Waals surface area (Å²) in [5.74, 6) is -0.119. The molecule has 4 heteroatoms. The van der Waals surface area contributed by atoms with Crippen LogP contribution in [-0.2, 0) is 16.0 Å². The normalized spacial score (nSPS) is 15.7. The van der Waals surface area contributed by atoms with E-state index < -0.39 is 0 Å². The van der Waals surface area contributed by atoms with Gasteiger partial charge >= 0.3 is 0 Å². The van der Waals surface area contributed by atoms with Crippen LogP contribution in [0.3, 0.4) is 0 Å². The number of para-hydroxylation sites is 1. The molecule has 0 aromatic heterocycles. The van der Waals surface area contributed by atoms with E-state index in [0.29, 0.717) is 19.4 Å². The third kappa shape index (κ3) is 3.82. The maximum atomic E-state index is 12.0. The summed E-state index contributed by atoms with van der Waals surface area (Å²) >= 11 is 0. The lowest BCUT2D eigenvalue weighted by Gasteiger charge is -2.10. The first-order valence-corrected chi connectivity index (χ1v) is 8.35. The van der Waals surface area contributed by atoms with Gasteiger partial charge < -0.3 is 10.6 Å². The molecule has 124 valence electrons. The molecule has 2 amide bonds. The number of nitrogens with one attached hydrogen (secondary N) is 2. The van der Waals surface area contributed by atoms with Crippen molar-refractivity contribution in [2.24, 2.45) is 0 Å². The number of carbonyl (C=O) groups is 2. The Balaban J connectivity index is 1.45. The molecule has 1 aliphatic rings. The first kappa shape index (κ1) is 16.2. The first-order valence-electron chi connectivity index (χ1n) is 8.35. The van der Waals surface area contributed by atoms with Crippen LogP contribution in [0.25, 0.3) is 0 Å². The van der Waals surface area contributed by atoms with Crippen molar-refractivity contribution in [2.45, 2.75) is 32.1 Å². The van der Waals surface area contributed by atoms with Crippen LogP contribution in [0, 0.1) is 6.92 Å². The predicted octanol–water partition coefficient (Wildman–Crippen LogP) is 3.17. The van der Waals surface area contributed by atoms with Crippen molar-refractivity contribution < 1.29 is 9.59 Å². The van der Waals surface area contributed by atoms with E-state index in [2.05, 4.69) is 16.7 Å². The van der Waals surface area contributed by atoms with Gasteiger partial charge in [-0.25, -0.2) is 0 Å². The maximum absolute atomic E-state index is 12.0. The number of fused-ring (bicyclic) bond motifs is 1. The van der Waals surface area contributed by atoms with Gasteiger partial charge in [-0.2, -0.15) is 0 Å². The third-order valence-electron chi connectivity index (χ3n) is 4.39. The summed E-state index contributed by atoms with van der Waals surface area (Å²) in [6, 6.07) is 15.9. The van der Waals surface area contributed by atoms with E-state index in [1.165, 1.54) is 11.1 Å². The highest BCUT2D eigenvalue weighted by molar-refractivity contribution is 6.02. The van der Waals surface area contributed by atoms with Crippen LogP contribution >= 0.6 is 0 Å². The molecule has 0 saturated carbocycles. The molecule has 1 heterocycles. The van der Waals surface area contributed by atoms with Gasteiger partial charge in [-0.05, 0) is 37.0 Å². The quantitative estimate of drug-likeness (QED) is 0.858. The molecule has 0 saturated heterocycles. The number of carbonyl (C=O) groups excluding carboxylic acids is 2. The average Bonchev–Trinajstić information content (AvgIpc) is 2.89. The van der Waals surface area contributed by atoms with Crippen molar-refractivity contribution in [3.63, 3.8) is 0 Å². The number of amides is 2. The van der Waals surface area contributed by atoms with Crippen molar-refractivity contribution in [3.05, 3.63) is 65.2 Å². The Hall–Kier alpha value is -2.62. The fourth-order valence-electron chi connectivity index (χ4n) is 3.13. The topological polar surface area (TPSA) is 58.2 Å². The van der Waals surface area contributed by atoms with Crippen molar-refractivity contribution in [1.82, 2.24) is 5.32 Å². The van der Waals surface area contributed by atoms with E-state index >= 15 is 0 Å². The molecule has 2 N–H and O–H groups in total. The van der Waals surface area contributed by atoms with Gasteiger partial charge in [-0.15, -0.1) is 0 Å². The lowest BCUT2D eigenvalue weighted by Crippen LogP contribution is -2.27. The van der Waals surface area contributed by atoms with E-state index in [1.807, 2.05) is 49.4 Å². The molecule has 0 fully saturated rings. The first-order chi connectivity index (χ1) is 11.6. The van der Waals surface area contributed by atoms with Crippen molar-refractivity contribution in [2.75, 3.05) is 11.9 Å². The minimum Gasteiger partial charge on any atom is -0.356 e. The summed E-state index contributed by atoms with van der Waals surface area (Å²) in [5, 5.41) is 5.81. The molecule has 4 nitrogen and oxygen atoms in total. The highest BCUT2D eigenvalue weighted by atomic mass is 16.2. The van der Waals surface area contributed by atoms with E-state index in [4.69, 9.17) is 0 Å². The molecule has 0 aliphatic carbocycles. The van der Waals surface area contributed by atoms with Gasteiger partial charge in [0.05, 0.1) is 5.92 Å². The van der Waals surface area contributed by atoms with Gasteiger partial charge in [0.2, 0.25) is 11.8 Å². The fraction of sp³-hybridized carbons (Fsp3) is 0.300. The average molecular weight is 322 g/mol. The third-order valence-corrected chi connectivity index (χ3v) is 4.39. The van der Waals surface area contributed by atoms with E-state index in [1.54, 1.807) is 0 Å². The molecule has 3 rings (SSSR count). The minimum atomic E-state index is -0.168.